The molecule has 1 rings (SSSR count). The van der Waals surface area contributed by atoms with Crippen molar-refractivity contribution in [2.24, 2.45) is 11.8 Å². The highest BCUT2D eigenvalue weighted by Gasteiger charge is 2.40. The van der Waals surface area contributed by atoms with Gasteiger partial charge < -0.3 is 20.4 Å². The van der Waals surface area contributed by atoms with E-state index in [0.29, 0.717) is 19.3 Å². The van der Waals surface area contributed by atoms with Crippen molar-refractivity contribution in [1.29, 1.82) is 0 Å². The van der Waals surface area contributed by atoms with Crippen LogP contribution in [0.3, 0.4) is 0 Å². The lowest BCUT2D eigenvalue weighted by Gasteiger charge is -2.23. The first-order chi connectivity index (χ1) is 12.8. The molecule has 5 atom stereocenters. The third kappa shape index (κ3) is 8.47. The summed E-state index contributed by atoms with van der Waals surface area (Å²) >= 11 is 0. The quantitative estimate of drug-likeness (QED) is 0.223. The largest absolute Gasteiger partial charge is 0.481 e. The third-order valence-corrected chi connectivity index (χ3v) is 5.60. The van der Waals surface area contributed by atoms with E-state index >= 15 is 0 Å². The number of terminal acetylenes is 1. The second-order valence-electron chi connectivity index (χ2n) is 7.84. The van der Waals surface area contributed by atoms with Crippen molar-refractivity contribution in [3.8, 4) is 12.3 Å². The highest BCUT2D eigenvalue weighted by molar-refractivity contribution is 5.66. The SMILES string of the molecule is C#C[C@@](O)(C=C[C@H]1[C@H](CCCCCCC(=O)O)[C@H](O)C[C@@H]1O)CCCCC. The summed E-state index contributed by atoms with van der Waals surface area (Å²) in [6.45, 7) is 2.09. The number of aliphatic hydroxyl groups excluding tert-OH is 2. The molecule has 0 spiro atoms. The molecule has 27 heavy (non-hydrogen) atoms. The Morgan fingerprint density at radius 1 is 1.15 bits per heavy atom. The van der Waals surface area contributed by atoms with Crippen molar-refractivity contribution in [2.45, 2.75) is 95.4 Å². The summed E-state index contributed by atoms with van der Waals surface area (Å²) in [5.41, 5.74) is -1.30. The number of unbranched alkanes of at least 4 members (excludes halogenated alkanes) is 5. The number of hydrogen-bond acceptors (Lipinski definition) is 4. The molecule has 0 radical (unpaired) electrons. The van der Waals surface area contributed by atoms with Crippen molar-refractivity contribution < 1.29 is 25.2 Å². The lowest BCUT2D eigenvalue weighted by molar-refractivity contribution is -0.137. The zero-order chi connectivity index (χ0) is 20.3. The summed E-state index contributed by atoms with van der Waals surface area (Å²) in [7, 11) is 0. The molecule has 4 N–H and O–H groups in total. The molecule has 5 nitrogen and oxygen atoms in total. The summed E-state index contributed by atoms with van der Waals surface area (Å²) in [6, 6.07) is 0. The third-order valence-electron chi connectivity index (χ3n) is 5.60. The Balaban J connectivity index is 2.56. The van der Waals surface area contributed by atoms with Gasteiger partial charge in [-0.3, -0.25) is 4.79 Å². The van der Waals surface area contributed by atoms with Crippen LogP contribution in [0.2, 0.25) is 0 Å². The number of rotatable bonds is 13. The van der Waals surface area contributed by atoms with Gasteiger partial charge in [-0.05, 0) is 37.7 Å². The van der Waals surface area contributed by atoms with Gasteiger partial charge in [-0.2, -0.15) is 0 Å². The van der Waals surface area contributed by atoms with E-state index in [9.17, 15) is 20.1 Å². The maximum absolute atomic E-state index is 10.5. The van der Waals surface area contributed by atoms with Gasteiger partial charge in [0.05, 0.1) is 12.2 Å². The molecule has 0 saturated heterocycles. The standard InChI is InChI=1S/C22H36O5/c1-3-5-10-14-22(27,4-2)15-13-18-17(19(23)16-20(18)24)11-8-6-7-9-12-21(25)26/h2,13,15,17-20,23-24,27H,3,5-12,14,16H2,1H3,(H,25,26)/t17-,18-,19+,20-,22-/m0/s1. The van der Waals surface area contributed by atoms with Crippen molar-refractivity contribution in [3.63, 3.8) is 0 Å². The highest BCUT2D eigenvalue weighted by Crippen LogP contribution is 2.37. The molecule has 5 heteroatoms. The van der Waals surface area contributed by atoms with Gasteiger partial charge in [0.2, 0.25) is 0 Å². The molecular weight excluding hydrogens is 344 g/mol. The summed E-state index contributed by atoms with van der Waals surface area (Å²) < 4.78 is 0. The number of hydrogen-bond donors (Lipinski definition) is 4. The predicted molar refractivity (Wildman–Crippen MR) is 106 cm³/mol. The van der Waals surface area contributed by atoms with Crippen LogP contribution in [0.4, 0.5) is 0 Å². The molecule has 1 aliphatic carbocycles. The fourth-order valence-electron chi connectivity index (χ4n) is 3.91. The van der Waals surface area contributed by atoms with Crippen LogP contribution in [-0.2, 0) is 4.79 Å². The Kier molecular flexibility index (Phi) is 10.7. The molecule has 0 aromatic rings. The second kappa shape index (κ2) is 12.2. The monoisotopic (exact) mass is 380 g/mol. The molecule has 0 unspecified atom stereocenters. The minimum Gasteiger partial charge on any atom is -0.481 e. The van der Waals surface area contributed by atoms with Crippen LogP contribution in [0.5, 0.6) is 0 Å². The van der Waals surface area contributed by atoms with Gasteiger partial charge in [-0.1, -0.05) is 51.0 Å². The average molecular weight is 381 g/mol. The lowest BCUT2D eigenvalue weighted by Crippen LogP contribution is -2.26. The summed E-state index contributed by atoms with van der Waals surface area (Å²) in [5, 5.41) is 39.8. The Morgan fingerprint density at radius 2 is 1.85 bits per heavy atom. The van der Waals surface area contributed by atoms with Gasteiger partial charge in [-0.25, -0.2) is 0 Å². The molecule has 0 amide bonds. The maximum atomic E-state index is 10.5. The molecule has 0 aromatic heterocycles. The Hall–Kier alpha value is -1.35. The van der Waals surface area contributed by atoms with Crippen molar-refractivity contribution in [1.82, 2.24) is 0 Å². The number of carboxylic acid groups (broad SMARTS) is 1. The Morgan fingerprint density at radius 3 is 2.48 bits per heavy atom. The molecule has 154 valence electrons. The van der Waals surface area contributed by atoms with E-state index in [1.807, 2.05) is 0 Å². The molecule has 0 aromatic carbocycles. The molecule has 0 aliphatic heterocycles. The van der Waals surface area contributed by atoms with Crippen molar-refractivity contribution in [2.75, 3.05) is 0 Å². The fourth-order valence-corrected chi connectivity index (χ4v) is 3.91. The van der Waals surface area contributed by atoms with E-state index in [4.69, 9.17) is 11.5 Å². The van der Waals surface area contributed by atoms with E-state index in [2.05, 4.69) is 12.8 Å². The topological polar surface area (TPSA) is 98.0 Å². The smallest absolute Gasteiger partial charge is 0.303 e. The van der Waals surface area contributed by atoms with E-state index in [1.165, 1.54) is 0 Å². The molecular formula is C22H36O5. The van der Waals surface area contributed by atoms with E-state index in [0.717, 1.165) is 44.9 Å². The van der Waals surface area contributed by atoms with Gasteiger partial charge in [0.15, 0.2) is 0 Å². The van der Waals surface area contributed by atoms with Crippen molar-refractivity contribution >= 4 is 5.97 Å². The van der Waals surface area contributed by atoms with Gasteiger partial charge in [-0.15, -0.1) is 6.42 Å². The zero-order valence-corrected chi connectivity index (χ0v) is 16.5. The van der Waals surface area contributed by atoms with Crippen LogP contribution in [0.25, 0.3) is 0 Å². The first kappa shape index (κ1) is 23.7. The first-order valence-electron chi connectivity index (χ1n) is 10.3. The Bertz CT molecular complexity index is 509. The molecule has 1 saturated carbocycles. The summed E-state index contributed by atoms with van der Waals surface area (Å²) in [4.78, 5) is 10.5. The van der Waals surface area contributed by atoms with E-state index in [1.54, 1.807) is 12.2 Å². The molecule has 1 fully saturated rings. The van der Waals surface area contributed by atoms with Crippen molar-refractivity contribution in [3.05, 3.63) is 12.2 Å². The highest BCUT2D eigenvalue weighted by atomic mass is 16.4. The summed E-state index contributed by atoms with van der Waals surface area (Å²) in [6.07, 6.45) is 15.7. The number of carboxylic acids is 1. The summed E-state index contributed by atoms with van der Waals surface area (Å²) in [5.74, 6) is 1.41. The van der Waals surface area contributed by atoms with Crippen LogP contribution in [0.1, 0.15) is 77.6 Å². The number of carbonyl (C=O) groups is 1. The van der Waals surface area contributed by atoms with Gasteiger partial charge in [0, 0.05) is 18.8 Å². The van der Waals surface area contributed by atoms with Gasteiger partial charge in [0.25, 0.3) is 0 Å². The van der Waals surface area contributed by atoms with Gasteiger partial charge in [0.1, 0.15) is 5.60 Å². The van der Waals surface area contributed by atoms with Crippen LogP contribution < -0.4 is 0 Å². The van der Waals surface area contributed by atoms with Crippen LogP contribution >= 0.6 is 0 Å². The van der Waals surface area contributed by atoms with Crippen LogP contribution in [0.15, 0.2) is 12.2 Å². The lowest BCUT2D eigenvalue weighted by atomic mass is 9.86. The predicted octanol–water partition coefficient (Wildman–Crippen LogP) is 3.27. The van der Waals surface area contributed by atoms with Gasteiger partial charge >= 0.3 is 5.97 Å². The second-order valence-corrected chi connectivity index (χ2v) is 7.84. The van der Waals surface area contributed by atoms with Crippen LogP contribution in [0, 0.1) is 24.2 Å². The van der Waals surface area contributed by atoms with Crippen LogP contribution in [-0.4, -0.2) is 44.2 Å². The minimum absolute atomic E-state index is 0.0617. The average Bonchev–Trinajstić information content (AvgIpc) is 2.89. The zero-order valence-electron chi connectivity index (χ0n) is 16.5. The molecule has 0 heterocycles. The number of aliphatic carboxylic acids is 1. The first-order valence-corrected chi connectivity index (χ1v) is 10.3. The van der Waals surface area contributed by atoms with E-state index in [-0.39, 0.29) is 18.3 Å². The normalized spacial score (nSPS) is 27.5. The van der Waals surface area contributed by atoms with E-state index < -0.39 is 23.8 Å². The molecule has 0 bridgehead atoms. The molecule has 1 aliphatic rings. The maximum Gasteiger partial charge on any atom is 0.303 e. The Labute approximate surface area is 163 Å². The minimum atomic E-state index is -1.30. The fraction of sp³-hybridized carbons (Fsp3) is 0.773. The number of aliphatic hydroxyl groups is 3.